The highest BCUT2D eigenvalue weighted by molar-refractivity contribution is 5.63. The number of fused-ring (bicyclic) bond motifs is 1. The predicted molar refractivity (Wildman–Crippen MR) is 74.7 cm³/mol. The number of benzene rings is 1. The van der Waals surface area contributed by atoms with Gasteiger partial charge >= 0.3 is 0 Å². The molecule has 20 heavy (non-hydrogen) atoms. The monoisotopic (exact) mass is 265 g/mol. The fraction of sp³-hybridized carbons (Fsp3) is 0.0667. The smallest absolute Gasteiger partial charge is 0.206 e. The molecule has 0 fully saturated rings. The first-order chi connectivity index (χ1) is 9.72. The van der Waals surface area contributed by atoms with Crippen LogP contribution in [-0.4, -0.2) is 16.7 Å². The molecule has 0 radical (unpaired) electrons. The predicted octanol–water partition coefficient (Wildman–Crippen LogP) is 2.17. The van der Waals surface area contributed by atoms with Crippen LogP contribution in [0.4, 0.5) is 0 Å². The summed E-state index contributed by atoms with van der Waals surface area (Å²) in [5, 5.41) is 12.1. The molecule has 0 saturated heterocycles. The van der Waals surface area contributed by atoms with E-state index >= 15 is 0 Å². The molecule has 5 nitrogen and oxygen atoms in total. The minimum Gasteiger partial charge on any atom is -0.497 e. The van der Waals surface area contributed by atoms with Crippen molar-refractivity contribution >= 4 is 5.52 Å². The topological polar surface area (TPSA) is 70.3 Å². The van der Waals surface area contributed by atoms with Gasteiger partial charge in [0.15, 0.2) is 0 Å². The molecule has 3 rings (SSSR count). The van der Waals surface area contributed by atoms with Crippen molar-refractivity contribution in [2.45, 2.75) is 0 Å². The molecule has 98 valence electrons. The number of methoxy groups -OCH3 is 1. The zero-order valence-corrected chi connectivity index (χ0v) is 10.8. The highest BCUT2D eigenvalue weighted by Gasteiger charge is 2.08. The first kappa shape index (κ1) is 12.1. The first-order valence-corrected chi connectivity index (χ1v) is 6.02. The summed E-state index contributed by atoms with van der Waals surface area (Å²) < 4.78 is 6.67. The lowest BCUT2D eigenvalue weighted by atomic mass is 10.1. The second-order valence-electron chi connectivity index (χ2n) is 4.32. The van der Waals surface area contributed by atoms with E-state index in [2.05, 4.69) is 5.10 Å². The van der Waals surface area contributed by atoms with E-state index < -0.39 is 0 Å². The molecule has 0 saturated carbocycles. The Morgan fingerprint density at radius 3 is 2.85 bits per heavy atom. The Labute approximate surface area is 114 Å². The van der Waals surface area contributed by atoms with E-state index in [-0.39, 0.29) is 5.43 Å². The summed E-state index contributed by atoms with van der Waals surface area (Å²) in [6.07, 6.45) is 0. The Kier molecular flexibility index (Phi) is 2.77. The number of aromatic nitrogens is 2. The summed E-state index contributed by atoms with van der Waals surface area (Å²) in [4.78, 5) is 12.1. The Hall–Kier alpha value is -3.00. The number of H-pyrrole nitrogens is 1. The van der Waals surface area contributed by atoms with Crippen LogP contribution in [-0.2, 0) is 0 Å². The van der Waals surface area contributed by atoms with Gasteiger partial charge in [-0.15, -0.1) is 0 Å². The minimum atomic E-state index is -0.136. The van der Waals surface area contributed by atoms with Crippen molar-refractivity contribution in [2.75, 3.05) is 7.11 Å². The lowest BCUT2D eigenvalue weighted by molar-refractivity contribution is 0.415. The van der Waals surface area contributed by atoms with Crippen LogP contribution >= 0.6 is 0 Å². The third kappa shape index (κ3) is 1.84. The van der Waals surface area contributed by atoms with E-state index in [9.17, 15) is 4.79 Å². The highest BCUT2D eigenvalue weighted by atomic mass is 16.5. The zero-order chi connectivity index (χ0) is 14.1. The largest absolute Gasteiger partial charge is 0.497 e. The molecule has 0 bridgehead atoms. The van der Waals surface area contributed by atoms with Gasteiger partial charge in [-0.25, -0.2) is 4.52 Å². The fourth-order valence-corrected chi connectivity index (χ4v) is 2.13. The van der Waals surface area contributed by atoms with Crippen molar-refractivity contribution in [3.05, 3.63) is 58.4 Å². The third-order valence-electron chi connectivity index (χ3n) is 3.14. The Bertz CT molecular complexity index is 884. The van der Waals surface area contributed by atoms with Gasteiger partial charge in [0, 0.05) is 11.6 Å². The second kappa shape index (κ2) is 4.59. The van der Waals surface area contributed by atoms with Crippen molar-refractivity contribution in [3.8, 4) is 23.1 Å². The van der Waals surface area contributed by atoms with Crippen LogP contribution < -0.4 is 10.2 Å². The van der Waals surface area contributed by atoms with Crippen LogP contribution in [0, 0.1) is 11.3 Å². The van der Waals surface area contributed by atoms with Crippen LogP contribution in [0.3, 0.4) is 0 Å². The number of ether oxygens (including phenoxy) is 1. The van der Waals surface area contributed by atoms with Crippen molar-refractivity contribution < 1.29 is 4.74 Å². The minimum absolute atomic E-state index is 0.136. The molecule has 5 heteroatoms. The van der Waals surface area contributed by atoms with Crippen LogP contribution in [0.25, 0.3) is 16.8 Å². The molecule has 2 aromatic heterocycles. The summed E-state index contributed by atoms with van der Waals surface area (Å²) in [6, 6.07) is 14.2. The van der Waals surface area contributed by atoms with E-state index in [1.807, 2.05) is 30.3 Å². The number of hydrogen-bond donors (Lipinski definition) is 1. The molecule has 1 aromatic carbocycles. The summed E-state index contributed by atoms with van der Waals surface area (Å²) in [6.45, 7) is 0. The van der Waals surface area contributed by atoms with Crippen molar-refractivity contribution in [2.24, 2.45) is 0 Å². The standard InChI is InChI=1S/C15H11N3O2/c1-20-12-4-2-3-10(7-12)13-8-15(19)14-6-5-11(9-16)18(14)17-13/h2-8,17H,1H3. The molecule has 0 aliphatic rings. The van der Waals surface area contributed by atoms with E-state index in [1.165, 1.54) is 10.6 Å². The summed E-state index contributed by atoms with van der Waals surface area (Å²) in [5.41, 5.74) is 2.16. The lowest BCUT2D eigenvalue weighted by Gasteiger charge is -2.06. The summed E-state index contributed by atoms with van der Waals surface area (Å²) in [5.74, 6) is 0.705. The molecule has 2 heterocycles. The maximum atomic E-state index is 12.1. The fourth-order valence-electron chi connectivity index (χ4n) is 2.13. The van der Waals surface area contributed by atoms with E-state index in [1.54, 1.807) is 19.2 Å². The number of nitrogens with zero attached hydrogens (tertiary/aromatic N) is 2. The van der Waals surface area contributed by atoms with Crippen LogP contribution in [0.2, 0.25) is 0 Å². The molecular weight excluding hydrogens is 254 g/mol. The SMILES string of the molecule is COc1cccc(-c2cc(=O)c3ccc(C#N)n3[nH]2)c1. The number of nitriles is 1. The van der Waals surface area contributed by atoms with Gasteiger partial charge in [-0.1, -0.05) is 12.1 Å². The van der Waals surface area contributed by atoms with Gasteiger partial charge in [0.1, 0.15) is 23.0 Å². The van der Waals surface area contributed by atoms with Gasteiger partial charge in [0.05, 0.1) is 12.8 Å². The van der Waals surface area contributed by atoms with Crippen molar-refractivity contribution in [1.29, 1.82) is 5.26 Å². The Morgan fingerprint density at radius 2 is 2.10 bits per heavy atom. The maximum absolute atomic E-state index is 12.1. The van der Waals surface area contributed by atoms with Gasteiger partial charge in [-0.05, 0) is 24.3 Å². The molecule has 0 atom stereocenters. The third-order valence-corrected chi connectivity index (χ3v) is 3.14. The molecule has 3 aromatic rings. The molecule has 0 unspecified atom stereocenters. The summed E-state index contributed by atoms with van der Waals surface area (Å²) in [7, 11) is 1.59. The van der Waals surface area contributed by atoms with E-state index in [4.69, 9.17) is 10.00 Å². The molecule has 1 N–H and O–H groups in total. The van der Waals surface area contributed by atoms with Crippen LogP contribution in [0.5, 0.6) is 5.75 Å². The maximum Gasteiger partial charge on any atom is 0.206 e. The van der Waals surface area contributed by atoms with Crippen LogP contribution in [0.15, 0.2) is 47.3 Å². The number of rotatable bonds is 2. The number of hydrogen-bond acceptors (Lipinski definition) is 3. The Balaban J connectivity index is 2.26. The first-order valence-electron chi connectivity index (χ1n) is 6.02. The number of nitrogens with one attached hydrogen (secondary N) is 1. The van der Waals surface area contributed by atoms with Gasteiger partial charge in [-0.3, -0.25) is 9.89 Å². The lowest BCUT2D eigenvalue weighted by Crippen LogP contribution is -2.08. The average Bonchev–Trinajstić information content (AvgIpc) is 2.91. The van der Waals surface area contributed by atoms with Gasteiger partial charge < -0.3 is 4.74 Å². The normalized spacial score (nSPS) is 10.4. The molecular formula is C15H11N3O2. The van der Waals surface area contributed by atoms with Gasteiger partial charge in [-0.2, -0.15) is 5.26 Å². The second-order valence-corrected chi connectivity index (χ2v) is 4.32. The van der Waals surface area contributed by atoms with E-state index in [0.717, 1.165) is 5.56 Å². The Morgan fingerprint density at radius 1 is 1.25 bits per heavy atom. The number of aromatic amines is 1. The quantitative estimate of drug-likeness (QED) is 0.772. The van der Waals surface area contributed by atoms with Gasteiger partial charge in [0.25, 0.3) is 0 Å². The molecule has 0 aliphatic heterocycles. The summed E-state index contributed by atoms with van der Waals surface area (Å²) >= 11 is 0. The molecule has 0 aliphatic carbocycles. The average molecular weight is 265 g/mol. The van der Waals surface area contributed by atoms with Gasteiger partial charge in [0.2, 0.25) is 5.43 Å². The molecule has 0 amide bonds. The highest BCUT2D eigenvalue weighted by Crippen LogP contribution is 2.21. The van der Waals surface area contributed by atoms with Crippen molar-refractivity contribution in [1.82, 2.24) is 9.61 Å². The van der Waals surface area contributed by atoms with Crippen LogP contribution in [0.1, 0.15) is 5.69 Å². The van der Waals surface area contributed by atoms with Crippen molar-refractivity contribution in [3.63, 3.8) is 0 Å². The molecule has 0 spiro atoms. The van der Waals surface area contributed by atoms with E-state index in [0.29, 0.717) is 22.7 Å². The zero-order valence-electron chi connectivity index (χ0n) is 10.8.